The highest BCUT2D eigenvalue weighted by molar-refractivity contribution is 6.33. The zero-order valence-electron chi connectivity index (χ0n) is 14.6. The second-order valence-electron chi connectivity index (χ2n) is 5.69. The summed E-state index contributed by atoms with van der Waals surface area (Å²) >= 11 is 6.02. The summed E-state index contributed by atoms with van der Waals surface area (Å²) in [7, 11) is 0. The number of carbonyl (C=O) groups excluding carboxylic acids is 2. The Morgan fingerprint density at radius 2 is 2.12 bits per heavy atom. The molecule has 1 aromatic carbocycles. The van der Waals surface area contributed by atoms with Crippen LogP contribution in [-0.4, -0.2) is 30.2 Å². The molecule has 1 aromatic heterocycles. The summed E-state index contributed by atoms with van der Waals surface area (Å²) in [5.41, 5.74) is -0.170. The summed E-state index contributed by atoms with van der Waals surface area (Å²) in [5, 5.41) is 6.47. The van der Waals surface area contributed by atoms with E-state index < -0.39 is 24.3 Å². The topological polar surface area (TPSA) is 81.4 Å². The fourth-order valence-electron chi connectivity index (χ4n) is 2.36. The molecule has 0 aliphatic heterocycles. The fourth-order valence-corrected chi connectivity index (χ4v) is 2.62. The first-order valence-corrected chi connectivity index (χ1v) is 8.68. The number of nitrogens with zero attached hydrogens (tertiary/aromatic N) is 1. The molecule has 1 N–H and O–H groups in total. The van der Waals surface area contributed by atoms with Crippen LogP contribution in [0.5, 0.6) is 0 Å². The number of benzene rings is 1. The van der Waals surface area contributed by atoms with Crippen molar-refractivity contribution in [2.45, 2.75) is 33.1 Å². The summed E-state index contributed by atoms with van der Waals surface area (Å²) in [6, 6.07) is 4.11. The molecule has 0 fully saturated rings. The molecule has 0 atom stereocenters. The Labute approximate surface area is 155 Å². The van der Waals surface area contributed by atoms with Gasteiger partial charge < -0.3 is 14.6 Å². The van der Waals surface area contributed by atoms with Crippen LogP contribution in [0, 0.1) is 12.7 Å². The Balaban J connectivity index is 2.09. The molecule has 0 saturated carbocycles. The summed E-state index contributed by atoms with van der Waals surface area (Å²) in [6.07, 6.45) is 2.91. The number of hydrogen-bond donors (Lipinski definition) is 1. The van der Waals surface area contributed by atoms with Crippen molar-refractivity contribution < 1.29 is 23.2 Å². The lowest BCUT2D eigenvalue weighted by Gasteiger charge is -2.07. The predicted molar refractivity (Wildman–Crippen MR) is 94.5 cm³/mol. The van der Waals surface area contributed by atoms with Crippen LogP contribution in [-0.2, 0) is 9.53 Å². The third-order valence-electron chi connectivity index (χ3n) is 3.70. The van der Waals surface area contributed by atoms with Crippen molar-refractivity contribution in [1.82, 2.24) is 10.5 Å². The standard InChI is InChI=1S/C18H20ClFN2O4/c1-3-4-5-9-21-14(23)10-25-18(24)15-11(2)26-22-17(15)16-12(19)7-6-8-13(16)20/h6-8H,3-5,9-10H2,1-2H3,(H,21,23). The SMILES string of the molecule is CCCCCNC(=O)COC(=O)c1c(-c2c(F)cccc2Cl)noc1C. The van der Waals surface area contributed by atoms with Crippen molar-refractivity contribution in [3.05, 3.63) is 40.4 Å². The predicted octanol–water partition coefficient (Wildman–Crippen LogP) is 3.91. The van der Waals surface area contributed by atoms with E-state index in [0.717, 1.165) is 19.3 Å². The number of halogens is 2. The highest BCUT2D eigenvalue weighted by Gasteiger charge is 2.26. The Hall–Kier alpha value is -2.41. The van der Waals surface area contributed by atoms with E-state index in [1.807, 2.05) is 0 Å². The van der Waals surface area contributed by atoms with E-state index >= 15 is 0 Å². The number of carbonyl (C=O) groups is 2. The third-order valence-corrected chi connectivity index (χ3v) is 4.02. The molecule has 0 aliphatic carbocycles. The lowest BCUT2D eigenvalue weighted by molar-refractivity contribution is -0.124. The number of amides is 1. The summed E-state index contributed by atoms with van der Waals surface area (Å²) in [6.45, 7) is 3.63. The van der Waals surface area contributed by atoms with Crippen LogP contribution in [0.2, 0.25) is 5.02 Å². The van der Waals surface area contributed by atoms with Crippen molar-refractivity contribution in [3.8, 4) is 11.3 Å². The van der Waals surface area contributed by atoms with Gasteiger partial charge in [-0.3, -0.25) is 4.79 Å². The maximum Gasteiger partial charge on any atom is 0.344 e. The molecule has 0 aliphatic rings. The Bertz CT molecular complexity index is 771. The molecule has 0 bridgehead atoms. The quantitative estimate of drug-likeness (QED) is 0.553. The number of esters is 1. The minimum Gasteiger partial charge on any atom is -0.452 e. The van der Waals surface area contributed by atoms with Crippen LogP contribution < -0.4 is 5.32 Å². The molecular formula is C18H20ClFN2O4. The first kappa shape index (κ1) is 19.9. The van der Waals surface area contributed by atoms with Gasteiger partial charge in [0.05, 0.1) is 10.6 Å². The Morgan fingerprint density at radius 3 is 2.81 bits per heavy atom. The van der Waals surface area contributed by atoms with Crippen molar-refractivity contribution in [2.75, 3.05) is 13.2 Å². The highest BCUT2D eigenvalue weighted by Crippen LogP contribution is 2.33. The zero-order chi connectivity index (χ0) is 19.1. The normalized spacial score (nSPS) is 10.6. The van der Waals surface area contributed by atoms with Gasteiger partial charge in [0.15, 0.2) is 6.61 Å². The van der Waals surface area contributed by atoms with Gasteiger partial charge in [-0.05, 0) is 25.5 Å². The van der Waals surface area contributed by atoms with Crippen LogP contribution in [0.15, 0.2) is 22.7 Å². The number of nitrogens with one attached hydrogen (secondary N) is 1. The smallest absolute Gasteiger partial charge is 0.344 e. The number of aromatic nitrogens is 1. The van der Waals surface area contributed by atoms with Crippen LogP contribution in [0.4, 0.5) is 4.39 Å². The van der Waals surface area contributed by atoms with Gasteiger partial charge in [-0.1, -0.05) is 42.6 Å². The number of unbranched alkanes of at least 4 members (excludes halogenated alkanes) is 2. The van der Waals surface area contributed by atoms with Crippen molar-refractivity contribution in [3.63, 3.8) is 0 Å². The average molecular weight is 383 g/mol. The van der Waals surface area contributed by atoms with Crippen LogP contribution >= 0.6 is 11.6 Å². The second-order valence-corrected chi connectivity index (χ2v) is 6.10. The molecule has 0 radical (unpaired) electrons. The number of ether oxygens (including phenoxy) is 1. The van der Waals surface area contributed by atoms with E-state index in [1.165, 1.54) is 25.1 Å². The van der Waals surface area contributed by atoms with Crippen LogP contribution in [0.1, 0.15) is 42.3 Å². The summed E-state index contributed by atoms with van der Waals surface area (Å²) in [4.78, 5) is 24.1. The molecule has 1 amide bonds. The largest absolute Gasteiger partial charge is 0.452 e. The average Bonchev–Trinajstić information content (AvgIpc) is 2.98. The minimum absolute atomic E-state index is 0.0537. The highest BCUT2D eigenvalue weighted by atomic mass is 35.5. The molecule has 0 unspecified atom stereocenters. The van der Waals surface area contributed by atoms with Crippen molar-refractivity contribution >= 4 is 23.5 Å². The number of aryl methyl sites for hydroxylation is 1. The van der Waals surface area contributed by atoms with Gasteiger partial charge in [0, 0.05) is 6.54 Å². The molecular weight excluding hydrogens is 363 g/mol. The number of hydrogen-bond acceptors (Lipinski definition) is 5. The van der Waals surface area contributed by atoms with Crippen molar-refractivity contribution in [1.29, 1.82) is 0 Å². The molecule has 6 nitrogen and oxygen atoms in total. The molecule has 0 saturated heterocycles. The third kappa shape index (κ3) is 4.82. The zero-order valence-corrected chi connectivity index (χ0v) is 15.4. The van der Waals surface area contributed by atoms with Gasteiger partial charge in [0.2, 0.25) is 0 Å². The molecule has 1 heterocycles. The molecule has 0 spiro atoms. The summed E-state index contributed by atoms with van der Waals surface area (Å²) in [5.74, 6) is -1.74. The minimum atomic E-state index is -0.832. The van der Waals surface area contributed by atoms with E-state index in [9.17, 15) is 14.0 Å². The fraction of sp³-hybridized carbons (Fsp3) is 0.389. The van der Waals surface area contributed by atoms with Crippen molar-refractivity contribution in [2.24, 2.45) is 0 Å². The van der Waals surface area contributed by atoms with Crippen LogP contribution in [0.3, 0.4) is 0 Å². The molecule has 2 rings (SSSR count). The van der Waals surface area contributed by atoms with Gasteiger partial charge in [-0.25, -0.2) is 9.18 Å². The molecule has 8 heteroatoms. The van der Waals surface area contributed by atoms with E-state index in [4.69, 9.17) is 20.9 Å². The molecule has 26 heavy (non-hydrogen) atoms. The van der Waals surface area contributed by atoms with E-state index in [2.05, 4.69) is 17.4 Å². The first-order chi connectivity index (χ1) is 12.5. The Kier molecular flexibility index (Phi) is 7.15. The lowest BCUT2D eigenvalue weighted by Crippen LogP contribution is -2.29. The van der Waals surface area contributed by atoms with Gasteiger partial charge in [0.25, 0.3) is 5.91 Å². The van der Waals surface area contributed by atoms with Crippen LogP contribution in [0.25, 0.3) is 11.3 Å². The molecule has 140 valence electrons. The number of rotatable bonds is 8. The van der Waals surface area contributed by atoms with E-state index in [1.54, 1.807) is 0 Å². The maximum absolute atomic E-state index is 14.1. The lowest BCUT2D eigenvalue weighted by atomic mass is 10.1. The van der Waals surface area contributed by atoms with Gasteiger partial charge >= 0.3 is 5.97 Å². The first-order valence-electron chi connectivity index (χ1n) is 8.30. The summed E-state index contributed by atoms with van der Waals surface area (Å²) < 4.78 is 24.1. The van der Waals surface area contributed by atoms with E-state index in [-0.39, 0.29) is 27.6 Å². The van der Waals surface area contributed by atoms with Gasteiger partial charge in [-0.2, -0.15) is 0 Å². The maximum atomic E-state index is 14.1. The van der Waals surface area contributed by atoms with Gasteiger partial charge in [0.1, 0.15) is 22.8 Å². The monoisotopic (exact) mass is 382 g/mol. The Morgan fingerprint density at radius 1 is 1.35 bits per heavy atom. The van der Waals surface area contributed by atoms with E-state index in [0.29, 0.717) is 6.54 Å². The van der Waals surface area contributed by atoms with Gasteiger partial charge in [-0.15, -0.1) is 0 Å². The second kappa shape index (κ2) is 9.33. The molecule has 2 aromatic rings.